The first-order valence-corrected chi connectivity index (χ1v) is 11.8. The Morgan fingerprint density at radius 1 is 1.07 bits per heavy atom. The SMILES string of the molecule is CCOC(=O)[C@]1(CCCS(=O)c2ccccc2)[C@@H]2C=C[C@@H](C2)[C@@H]1c1ccccc1. The maximum absolute atomic E-state index is 13.4. The van der Waals surface area contributed by atoms with Crippen molar-refractivity contribution < 1.29 is 13.7 Å². The van der Waals surface area contributed by atoms with Crippen molar-refractivity contribution in [3.05, 3.63) is 78.4 Å². The van der Waals surface area contributed by atoms with Crippen LogP contribution in [0.2, 0.25) is 0 Å². The van der Waals surface area contributed by atoms with Gasteiger partial charge in [-0.2, -0.15) is 0 Å². The second-order valence-electron chi connectivity index (χ2n) is 8.01. The van der Waals surface area contributed by atoms with Crippen LogP contribution in [-0.4, -0.2) is 22.5 Å². The van der Waals surface area contributed by atoms with Gasteiger partial charge in [-0.3, -0.25) is 9.00 Å². The van der Waals surface area contributed by atoms with Gasteiger partial charge >= 0.3 is 5.97 Å². The number of fused-ring (bicyclic) bond motifs is 2. The smallest absolute Gasteiger partial charge is 0.313 e. The van der Waals surface area contributed by atoms with E-state index in [4.69, 9.17) is 4.74 Å². The molecule has 0 N–H and O–H groups in total. The van der Waals surface area contributed by atoms with Gasteiger partial charge in [0.2, 0.25) is 0 Å². The molecular weight excluding hydrogens is 380 g/mol. The zero-order valence-electron chi connectivity index (χ0n) is 16.8. The molecule has 29 heavy (non-hydrogen) atoms. The molecule has 2 aliphatic carbocycles. The molecular formula is C25H28O3S. The highest BCUT2D eigenvalue weighted by atomic mass is 32.2. The van der Waals surface area contributed by atoms with E-state index in [1.807, 2.05) is 55.5 Å². The summed E-state index contributed by atoms with van der Waals surface area (Å²) in [5.74, 6) is 1.17. The third-order valence-electron chi connectivity index (χ3n) is 6.50. The lowest BCUT2D eigenvalue weighted by Gasteiger charge is -2.40. The van der Waals surface area contributed by atoms with Crippen LogP contribution >= 0.6 is 0 Å². The van der Waals surface area contributed by atoms with E-state index in [2.05, 4.69) is 24.3 Å². The van der Waals surface area contributed by atoms with E-state index in [0.29, 0.717) is 24.7 Å². The molecule has 0 heterocycles. The second-order valence-corrected chi connectivity index (χ2v) is 9.58. The fourth-order valence-corrected chi connectivity index (χ4v) is 6.45. The van der Waals surface area contributed by atoms with Gasteiger partial charge in [0.1, 0.15) is 0 Å². The van der Waals surface area contributed by atoms with E-state index in [-0.39, 0.29) is 17.8 Å². The van der Waals surface area contributed by atoms with E-state index >= 15 is 0 Å². The Hall–Kier alpha value is -2.20. The summed E-state index contributed by atoms with van der Waals surface area (Å²) in [6.07, 6.45) is 6.94. The molecule has 1 fully saturated rings. The Balaban J connectivity index is 1.59. The summed E-state index contributed by atoms with van der Waals surface area (Å²) in [6.45, 7) is 2.26. The topological polar surface area (TPSA) is 43.4 Å². The van der Waals surface area contributed by atoms with Gasteiger partial charge in [-0.05, 0) is 55.7 Å². The van der Waals surface area contributed by atoms with Crippen LogP contribution in [0.3, 0.4) is 0 Å². The predicted octanol–water partition coefficient (Wildman–Crippen LogP) is 5.11. The van der Waals surface area contributed by atoms with Crippen molar-refractivity contribution in [2.45, 2.75) is 37.0 Å². The Kier molecular flexibility index (Phi) is 6.00. The molecule has 4 rings (SSSR count). The average Bonchev–Trinajstić information content (AvgIpc) is 3.36. The van der Waals surface area contributed by atoms with Crippen LogP contribution in [0.4, 0.5) is 0 Å². The Labute approximate surface area is 175 Å². The predicted molar refractivity (Wildman–Crippen MR) is 116 cm³/mol. The minimum absolute atomic E-state index is 0.0869. The maximum atomic E-state index is 13.4. The van der Waals surface area contributed by atoms with Gasteiger partial charge in [0.15, 0.2) is 0 Å². The number of hydrogen-bond acceptors (Lipinski definition) is 3. The molecule has 4 heteroatoms. The third-order valence-corrected chi connectivity index (χ3v) is 7.96. The monoisotopic (exact) mass is 408 g/mol. The fourth-order valence-electron chi connectivity index (χ4n) is 5.35. The molecule has 2 aromatic carbocycles. The van der Waals surface area contributed by atoms with E-state index in [1.165, 1.54) is 5.56 Å². The van der Waals surface area contributed by atoms with Crippen LogP contribution in [0.15, 0.2) is 77.7 Å². The molecule has 0 aliphatic heterocycles. The number of rotatable bonds is 8. The van der Waals surface area contributed by atoms with E-state index in [9.17, 15) is 9.00 Å². The molecule has 1 saturated carbocycles. The van der Waals surface area contributed by atoms with Crippen molar-refractivity contribution in [1.29, 1.82) is 0 Å². The number of allylic oxidation sites excluding steroid dienone is 2. The van der Waals surface area contributed by atoms with Gasteiger partial charge in [0, 0.05) is 16.6 Å². The van der Waals surface area contributed by atoms with Crippen molar-refractivity contribution in [2.75, 3.05) is 12.4 Å². The number of carbonyl (C=O) groups excluding carboxylic acids is 1. The highest BCUT2D eigenvalue weighted by molar-refractivity contribution is 7.85. The lowest BCUT2D eigenvalue weighted by atomic mass is 9.63. The van der Waals surface area contributed by atoms with E-state index < -0.39 is 16.2 Å². The van der Waals surface area contributed by atoms with Gasteiger partial charge in [-0.15, -0.1) is 0 Å². The van der Waals surface area contributed by atoms with Crippen LogP contribution in [0.5, 0.6) is 0 Å². The third kappa shape index (κ3) is 3.71. The average molecular weight is 409 g/mol. The highest BCUT2D eigenvalue weighted by Gasteiger charge is 2.61. The standard InChI is InChI=1S/C25H28O3S/c1-2-28-24(26)25(16-9-17-29(27)22-12-7-4-8-13-22)21-15-14-20(18-21)23(25)19-10-5-3-6-11-19/h3-8,10-15,20-21,23H,2,9,16-18H2,1H3/t20-,21+,23-,25+,29?/m0/s1. The fraction of sp³-hybridized carbons (Fsp3) is 0.400. The zero-order valence-corrected chi connectivity index (χ0v) is 17.6. The molecule has 3 nitrogen and oxygen atoms in total. The largest absolute Gasteiger partial charge is 0.466 e. The molecule has 0 radical (unpaired) electrons. The van der Waals surface area contributed by atoms with Crippen LogP contribution in [0, 0.1) is 17.3 Å². The van der Waals surface area contributed by atoms with Crippen LogP contribution < -0.4 is 0 Å². The minimum atomic E-state index is -1.05. The summed E-state index contributed by atoms with van der Waals surface area (Å²) < 4.78 is 18.3. The lowest BCUT2D eigenvalue weighted by Crippen LogP contribution is -2.42. The second kappa shape index (κ2) is 8.66. The van der Waals surface area contributed by atoms with Gasteiger partial charge in [-0.25, -0.2) is 0 Å². The molecule has 0 spiro atoms. The Morgan fingerprint density at radius 2 is 1.76 bits per heavy atom. The van der Waals surface area contributed by atoms with Gasteiger partial charge < -0.3 is 4.74 Å². The summed E-state index contributed by atoms with van der Waals surface area (Å²) in [4.78, 5) is 14.2. The molecule has 0 amide bonds. The van der Waals surface area contributed by atoms with Crippen molar-refractivity contribution in [3.63, 3.8) is 0 Å². The number of ether oxygens (including phenoxy) is 1. The lowest BCUT2D eigenvalue weighted by molar-refractivity contribution is -0.159. The van der Waals surface area contributed by atoms with Crippen molar-refractivity contribution in [1.82, 2.24) is 0 Å². The number of carbonyl (C=O) groups is 1. The summed E-state index contributed by atoms with van der Waals surface area (Å²) in [5, 5.41) is 0. The van der Waals surface area contributed by atoms with Crippen molar-refractivity contribution >= 4 is 16.8 Å². The van der Waals surface area contributed by atoms with Crippen LogP contribution in [0.25, 0.3) is 0 Å². The summed E-state index contributed by atoms with van der Waals surface area (Å²) in [7, 11) is -1.05. The first kappa shape index (κ1) is 20.1. The molecule has 0 aromatic heterocycles. The molecule has 2 aromatic rings. The van der Waals surface area contributed by atoms with Crippen molar-refractivity contribution in [2.24, 2.45) is 17.3 Å². The van der Waals surface area contributed by atoms with E-state index in [1.54, 1.807) is 0 Å². The summed E-state index contributed by atoms with van der Waals surface area (Å²) in [5.41, 5.74) is 0.652. The number of benzene rings is 2. The Morgan fingerprint density at radius 3 is 2.45 bits per heavy atom. The summed E-state index contributed by atoms with van der Waals surface area (Å²) in [6, 6.07) is 20.0. The van der Waals surface area contributed by atoms with Gasteiger partial charge in [0.25, 0.3) is 0 Å². The number of esters is 1. The zero-order chi connectivity index (χ0) is 20.3. The quantitative estimate of drug-likeness (QED) is 0.450. The van der Waals surface area contributed by atoms with E-state index in [0.717, 1.165) is 17.7 Å². The van der Waals surface area contributed by atoms with Crippen LogP contribution in [-0.2, 0) is 20.3 Å². The highest BCUT2D eigenvalue weighted by Crippen LogP contribution is 2.63. The first-order chi connectivity index (χ1) is 14.2. The van der Waals surface area contributed by atoms with Crippen molar-refractivity contribution in [3.8, 4) is 0 Å². The maximum Gasteiger partial charge on any atom is 0.313 e. The minimum Gasteiger partial charge on any atom is -0.466 e. The normalized spacial score (nSPS) is 28.4. The summed E-state index contributed by atoms with van der Waals surface area (Å²) >= 11 is 0. The molecule has 2 aliphatic rings. The molecule has 152 valence electrons. The van der Waals surface area contributed by atoms with Gasteiger partial charge in [0.05, 0.1) is 22.8 Å². The Bertz CT molecular complexity index is 893. The van der Waals surface area contributed by atoms with Gasteiger partial charge in [-0.1, -0.05) is 60.7 Å². The molecule has 1 unspecified atom stereocenters. The first-order valence-electron chi connectivity index (χ1n) is 10.5. The molecule has 5 atom stereocenters. The molecule has 0 saturated heterocycles. The van der Waals surface area contributed by atoms with Crippen LogP contribution in [0.1, 0.15) is 37.7 Å². The molecule has 2 bridgehead atoms. The number of hydrogen-bond donors (Lipinski definition) is 0.